The molecule has 0 bridgehead atoms. The van der Waals surface area contributed by atoms with Gasteiger partial charge in [0.25, 0.3) is 0 Å². The predicted octanol–water partition coefficient (Wildman–Crippen LogP) is 1.55. The van der Waals surface area contributed by atoms with Crippen molar-refractivity contribution in [3.05, 3.63) is 0 Å². The maximum atomic E-state index is 8.88. The molecule has 0 aromatic heterocycles. The van der Waals surface area contributed by atoms with Crippen LogP contribution in [0.2, 0.25) is 0 Å². The van der Waals surface area contributed by atoms with Gasteiger partial charge in [-0.1, -0.05) is 19.3 Å². The monoisotopic (exact) mass is 288 g/mol. The Bertz CT molecular complexity index is 213. The van der Waals surface area contributed by atoms with Crippen molar-refractivity contribution in [1.82, 2.24) is 0 Å². The molecule has 0 radical (unpaired) electrons. The van der Waals surface area contributed by atoms with Crippen LogP contribution in [-0.2, 0) is 0 Å². The molecule has 4 atom stereocenters. The SMILES string of the molecule is OCC1CCCC(CO)C1.OCC1CCCCC1CO. The molecule has 0 aromatic rings. The summed E-state index contributed by atoms with van der Waals surface area (Å²) in [6.07, 6.45) is 9.14. The Kier molecular flexibility index (Phi) is 9.44. The summed E-state index contributed by atoms with van der Waals surface area (Å²) in [6.45, 7) is 1.11. The normalized spacial score (nSPS) is 34.2. The van der Waals surface area contributed by atoms with Crippen molar-refractivity contribution in [2.75, 3.05) is 26.4 Å². The smallest absolute Gasteiger partial charge is 0.0462 e. The van der Waals surface area contributed by atoms with Crippen LogP contribution >= 0.6 is 0 Å². The number of aliphatic hydroxyl groups excluding tert-OH is 4. The molecule has 0 saturated heterocycles. The van der Waals surface area contributed by atoms with Crippen LogP contribution in [-0.4, -0.2) is 46.9 Å². The van der Waals surface area contributed by atoms with Crippen LogP contribution in [0.5, 0.6) is 0 Å². The molecule has 0 aromatic carbocycles. The van der Waals surface area contributed by atoms with Gasteiger partial charge >= 0.3 is 0 Å². The van der Waals surface area contributed by atoms with E-state index < -0.39 is 0 Å². The molecule has 120 valence electrons. The topological polar surface area (TPSA) is 80.9 Å². The van der Waals surface area contributed by atoms with Gasteiger partial charge in [0.15, 0.2) is 0 Å². The lowest BCUT2D eigenvalue weighted by Crippen LogP contribution is -2.25. The van der Waals surface area contributed by atoms with Crippen LogP contribution in [0.25, 0.3) is 0 Å². The largest absolute Gasteiger partial charge is 0.396 e. The van der Waals surface area contributed by atoms with E-state index in [0.717, 1.165) is 32.1 Å². The predicted molar refractivity (Wildman–Crippen MR) is 79.2 cm³/mol. The lowest BCUT2D eigenvalue weighted by Gasteiger charge is -2.28. The highest BCUT2D eigenvalue weighted by molar-refractivity contribution is 4.73. The third-order valence-electron chi connectivity index (χ3n) is 4.94. The van der Waals surface area contributed by atoms with E-state index in [0.29, 0.717) is 36.9 Å². The molecular formula is C16H32O4. The van der Waals surface area contributed by atoms with Crippen molar-refractivity contribution in [2.24, 2.45) is 23.7 Å². The summed E-state index contributed by atoms with van der Waals surface area (Å²) in [5, 5.41) is 35.4. The Morgan fingerprint density at radius 1 is 0.550 bits per heavy atom. The summed E-state index contributed by atoms with van der Waals surface area (Å²) in [4.78, 5) is 0. The second kappa shape index (κ2) is 10.6. The molecule has 20 heavy (non-hydrogen) atoms. The third-order valence-corrected chi connectivity index (χ3v) is 4.94. The average molecular weight is 288 g/mol. The van der Waals surface area contributed by atoms with Crippen molar-refractivity contribution < 1.29 is 20.4 Å². The average Bonchev–Trinajstić information content (AvgIpc) is 2.55. The van der Waals surface area contributed by atoms with Crippen molar-refractivity contribution >= 4 is 0 Å². The molecule has 0 heterocycles. The first-order valence-electron chi connectivity index (χ1n) is 8.18. The molecule has 4 heteroatoms. The van der Waals surface area contributed by atoms with Gasteiger partial charge in [0.1, 0.15) is 0 Å². The molecule has 4 nitrogen and oxygen atoms in total. The zero-order chi connectivity index (χ0) is 14.8. The van der Waals surface area contributed by atoms with Crippen molar-refractivity contribution in [1.29, 1.82) is 0 Å². The Morgan fingerprint density at radius 2 is 1.00 bits per heavy atom. The van der Waals surface area contributed by atoms with E-state index in [-0.39, 0.29) is 13.2 Å². The van der Waals surface area contributed by atoms with E-state index in [1.54, 1.807) is 0 Å². The highest BCUT2D eigenvalue weighted by Crippen LogP contribution is 2.29. The van der Waals surface area contributed by atoms with E-state index >= 15 is 0 Å². The molecule has 2 aliphatic carbocycles. The fourth-order valence-corrected chi connectivity index (χ4v) is 3.50. The van der Waals surface area contributed by atoms with Gasteiger partial charge in [-0.05, 0) is 55.8 Å². The van der Waals surface area contributed by atoms with Gasteiger partial charge < -0.3 is 20.4 Å². The molecule has 2 saturated carbocycles. The highest BCUT2D eigenvalue weighted by atomic mass is 16.3. The first-order valence-corrected chi connectivity index (χ1v) is 8.18. The fraction of sp³-hybridized carbons (Fsp3) is 1.00. The van der Waals surface area contributed by atoms with E-state index in [2.05, 4.69) is 0 Å². The van der Waals surface area contributed by atoms with Crippen LogP contribution in [0.15, 0.2) is 0 Å². The molecule has 2 fully saturated rings. The minimum Gasteiger partial charge on any atom is -0.396 e. The maximum absolute atomic E-state index is 8.88. The zero-order valence-corrected chi connectivity index (χ0v) is 12.6. The second-order valence-electron chi connectivity index (χ2n) is 6.43. The van der Waals surface area contributed by atoms with E-state index in [1.165, 1.54) is 19.3 Å². The van der Waals surface area contributed by atoms with Crippen molar-refractivity contribution in [3.8, 4) is 0 Å². The first-order chi connectivity index (χ1) is 9.74. The van der Waals surface area contributed by atoms with Crippen molar-refractivity contribution in [2.45, 2.75) is 51.4 Å². The summed E-state index contributed by atoms with van der Waals surface area (Å²) < 4.78 is 0. The fourth-order valence-electron chi connectivity index (χ4n) is 3.50. The Morgan fingerprint density at radius 3 is 1.35 bits per heavy atom. The van der Waals surface area contributed by atoms with E-state index in [9.17, 15) is 0 Å². The highest BCUT2D eigenvalue weighted by Gasteiger charge is 2.23. The molecule has 0 amide bonds. The Hall–Kier alpha value is -0.160. The zero-order valence-electron chi connectivity index (χ0n) is 12.6. The Labute approximate surface area is 122 Å². The standard InChI is InChI=1S/2C8H16O2/c9-5-7-2-1-3-8(4-7)6-10;9-5-7-3-1-2-4-8(7)6-10/h2*7-10H,1-6H2. The lowest BCUT2D eigenvalue weighted by atomic mass is 9.80. The summed E-state index contributed by atoms with van der Waals surface area (Å²) in [6, 6.07) is 0. The summed E-state index contributed by atoms with van der Waals surface area (Å²) in [7, 11) is 0. The number of hydrogen-bond acceptors (Lipinski definition) is 4. The summed E-state index contributed by atoms with van der Waals surface area (Å²) in [5.41, 5.74) is 0. The van der Waals surface area contributed by atoms with Gasteiger partial charge in [0.2, 0.25) is 0 Å². The van der Waals surface area contributed by atoms with Crippen LogP contribution < -0.4 is 0 Å². The molecule has 0 spiro atoms. The van der Waals surface area contributed by atoms with Gasteiger partial charge in [-0.3, -0.25) is 0 Å². The first kappa shape index (κ1) is 17.9. The van der Waals surface area contributed by atoms with Gasteiger partial charge in [-0.25, -0.2) is 0 Å². The van der Waals surface area contributed by atoms with Crippen LogP contribution in [0.3, 0.4) is 0 Å². The van der Waals surface area contributed by atoms with Gasteiger partial charge in [0, 0.05) is 26.4 Å². The van der Waals surface area contributed by atoms with Gasteiger partial charge in [-0.2, -0.15) is 0 Å². The number of aliphatic hydroxyl groups is 4. The van der Waals surface area contributed by atoms with Gasteiger partial charge in [0.05, 0.1) is 0 Å². The van der Waals surface area contributed by atoms with E-state index in [1.807, 2.05) is 0 Å². The molecule has 4 unspecified atom stereocenters. The summed E-state index contributed by atoms with van der Waals surface area (Å²) >= 11 is 0. The minimum atomic E-state index is 0.255. The minimum absolute atomic E-state index is 0.255. The summed E-state index contributed by atoms with van der Waals surface area (Å²) in [5.74, 6) is 1.68. The molecule has 0 aliphatic heterocycles. The van der Waals surface area contributed by atoms with Crippen molar-refractivity contribution in [3.63, 3.8) is 0 Å². The third kappa shape index (κ3) is 6.08. The van der Waals surface area contributed by atoms with Crippen LogP contribution in [0.4, 0.5) is 0 Å². The molecule has 2 aliphatic rings. The van der Waals surface area contributed by atoms with E-state index in [4.69, 9.17) is 20.4 Å². The van der Waals surface area contributed by atoms with Gasteiger partial charge in [-0.15, -0.1) is 0 Å². The number of hydrogen-bond donors (Lipinski definition) is 4. The Balaban J connectivity index is 0.000000200. The molecule has 2 rings (SSSR count). The quantitative estimate of drug-likeness (QED) is 0.633. The second-order valence-corrected chi connectivity index (χ2v) is 6.43. The maximum Gasteiger partial charge on any atom is 0.0462 e. The molecule has 4 N–H and O–H groups in total. The van der Waals surface area contributed by atoms with Crippen LogP contribution in [0.1, 0.15) is 51.4 Å². The van der Waals surface area contributed by atoms with Crippen LogP contribution in [0, 0.1) is 23.7 Å². The number of rotatable bonds is 4. The molecular weight excluding hydrogens is 256 g/mol. The lowest BCUT2D eigenvalue weighted by molar-refractivity contribution is 0.0869.